The van der Waals surface area contributed by atoms with Crippen LogP contribution in [0.1, 0.15) is 19.4 Å². The predicted octanol–water partition coefficient (Wildman–Crippen LogP) is 2.66. The highest BCUT2D eigenvalue weighted by Gasteiger charge is 2.07. The van der Waals surface area contributed by atoms with Gasteiger partial charge in [0.1, 0.15) is 12.4 Å². The number of para-hydroxylation sites is 1. The zero-order chi connectivity index (χ0) is 12.7. The number of benzene rings is 1. The lowest BCUT2D eigenvalue weighted by Crippen LogP contribution is -2.28. The summed E-state index contributed by atoms with van der Waals surface area (Å²) in [6.07, 6.45) is 0. The molecule has 0 bridgehead atoms. The summed E-state index contributed by atoms with van der Waals surface area (Å²) in [6, 6.07) is 5.69. The highest BCUT2D eigenvalue weighted by molar-refractivity contribution is 9.10. The van der Waals surface area contributed by atoms with Gasteiger partial charge in [-0.15, -0.1) is 0 Å². The van der Waals surface area contributed by atoms with Crippen molar-refractivity contribution in [1.29, 1.82) is 0 Å². The Morgan fingerprint density at radius 3 is 2.59 bits per heavy atom. The summed E-state index contributed by atoms with van der Waals surface area (Å²) in [5.41, 5.74) is 0.818. The van der Waals surface area contributed by atoms with Crippen LogP contribution in [-0.4, -0.2) is 36.2 Å². The summed E-state index contributed by atoms with van der Waals surface area (Å²) in [5, 5.41) is 9.23. The van der Waals surface area contributed by atoms with Crippen LogP contribution in [0.4, 0.5) is 0 Å². The summed E-state index contributed by atoms with van der Waals surface area (Å²) in [5.74, 6) is 0.752. The number of rotatable bonds is 7. The quantitative estimate of drug-likeness (QED) is 0.840. The first kappa shape index (κ1) is 14.5. The van der Waals surface area contributed by atoms with E-state index in [0.717, 1.165) is 35.4 Å². The molecule has 0 aliphatic heterocycles. The lowest BCUT2D eigenvalue weighted by atomic mass is 10.2. The van der Waals surface area contributed by atoms with E-state index in [1.165, 1.54) is 0 Å². The summed E-state index contributed by atoms with van der Waals surface area (Å²) in [7, 11) is 0. The van der Waals surface area contributed by atoms with E-state index < -0.39 is 0 Å². The molecule has 1 rings (SSSR count). The van der Waals surface area contributed by atoms with Crippen LogP contribution in [0.15, 0.2) is 22.7 Å². The van der Waals surface area contributed by atoms with Crippen molar-refractivity contribution in [2.75, 3.05) is 26.2 Å². The molecule has 0 unspecified atom stereocenters. The number of hydrogen-bond acceptors (Lipinski definition) is 3. The molecular weight excluding hydrogens is 282 g/mol. The minimum Gasteiger partial charge on any atom is -0.491 e. The molecule has 0 heterocycles. The lowest BCUT2D eigenvalue weighted by molar-refractivity contribution is 0.214. The number of aliphatic hydroxyl groups is 1. The van der Waals surface area contributed by atoms with Crippen LogP contribution < -0.4 is 4.74 Å². The average Bonchev–Trinajstić information content (AvgIpc) is 2.36. The zero-order valence-corrected chi connectivity index (χ0v) is 12.0. The Balaban J connectivity index is 2.56. The van der Waals surface area contributed by atoms with Gasteiger partial charge in [0.25, 0.3) is 0 Å². The van der Waals surface area contributed by atoms with Crippen LogP contribution in [0.3, 0.4) is 0 Å². The first-order valence-electron chi connectivity index (χ1n) is 5.96. The van der Waals surface area contributed by atoms with Gasteiger partial charge in [0.05, 0.1) is 11.1 Å². The van der Waals surface area contributed by atoms with Crippen LogP contribution in [0.5, 0.6) is 5.75 Å². The molecule has 0 saturated carbocycles. The summed E-state index contributed by atoms with van der Waals surface area (Å²) >= 11 is 3.44. The molecule has 4 heteroatoms. The lowest BCUT2D eigenvalue weighted by Gasteiger charge is -2.19. The molecule has 0 radical (unpaired) electrons. The maximum Gasteiger partial charge on any atom is 0.139 e. The Kier molecular flexibility index (Phi) is 6.55. The topological polar surface area (TPSA) is 32.7 Å². The second kappa shape index (κ2) is 7.69. The highest BCUT2D eigenvalue weighted by Crippen LogP contribution is 2.28. The number of likely N-dealkylation sites (N-methyl/N-ethyl adjacent to an activating group) is 1. The average molecular weight is 302 g/mol. The third kappa shape index (κ3) is 4.30. The summed E-state index contributed by atoms with van der Waals surface area (Å²) in [6.45, 7) is 7.88. The number of halogens is 1. The molecule has 96 valence electrons. The van der Waals surface area contributed by atoms with Crippen LogP contribution in [-0.2, 0) is 6.61 Å². The molecule has 3 nitrogen and oxygen atoms in total. The second-order valence-corrected chi connectivity index (χ2v) is 4.62. The molecule has 1 N–H and O–H groups in total. The molecule has 0 aliphatic carbocycles. The fourth-order valence-electron chi connectivity index (χ4n) is 1.66. The number of hydrogen-bond donors (Lipinski definition) is 1. The molecule has 0 aromatic heterocycles. The molecule has 0 fully saturated rings. The van der Waals surface area contributed by atoms with E-state index in [1.54, 1.807) is 0 Å². The molecule has 0 saturated heterocycles. The Morgan fingerprint density at radius 2 is 2.00 bits per heavy atom. The van der Waals surface area contributed by atoms with Gasteiger partial charge < -0.3 is 14.7 Å². The molecule has 0 spiro atoms. The van der Waals surface area contributed by atoms with Crippen molar-refractivity contribution < 1.29 is 9.84 Å². The van der Waals surface area contributed by atoms with Gasteiger partial charge in [-0.1, -0.05) is 26.0 Å². The van der Waals surface area contributed by atoms with E-state index in [2.05, 4.69) is 34.7 Å². The normalized spacial score (nSPS) is 10.9. The van der Waals surface area contributed by atoms with Gasteiger partial charge in [-0.3, -0.25) is 0 Å². The first-order chi connectivity index (χ1) is 8.22. The van der Waals surface area contributed by atoms with E-state index in [9.17, 15) is 5.11 Å². The molecule has 1 aromatic rings. The number of aliphatic hydroxyl groups excluding tert-OH is 1. The van der Waals surface area contributed by atoms with E-state index in [-0.39, 0.29) is 6.61 Å². The first-order valence-corrected chi connectivity index (χ1v) is 6.75. The van der Waals surface area contributed by atoms with Crippen molar-refractivity contribution in [3.63, 3.8) is 0 Å². The van der Waals surface area contributed by atoms with Crippen molar-refractivity contribution in [3.05, 3.63) is 28.2 Å². The smallest absolute Gasteiger partial charge is 0.139 e. The largest absolute Gasteiger partial charge is 0.491 e. The molecule has 0 amide bonds. The molecule has 0 aliphatic rings. The van der Waals surface area contributed by atoms with Crippen LogP contribution in [0.2, 0.25) is 0 Å². The van der Waals surface area contributed by atoms with Gasteiger partial charge in [0.2, 0.25) is 0 Å². The maximum atomic E-state index is 9.23. The molecular formula is C13H20BrNO2. The van der Waals surface area contributed by atoms with Gasteiger partial charge in [0.15, 0.2) is 0 Å². The Hall–Kier alpha value is -0.580. The van der Waals surface area contributed by atoms with Gasteiger partial charge in [-0.25, -0.2) is 0 Å². The molecule has 17 heavy (non-hydrogen) atoms. The summed E-state index contributed by atoms with van der Waals surface area (Å²) < 4.78 is 6.64. The fourth-order valence-corrected chi connectivity index (χ4v) is 2.18. The highest BCUT2D eigenvalue weighted by atomic mass is 79.9. The minimum absolute atomic E-state index is 0.0000428. The summed E-state index contributed by atoms with van der Waals surface area (Å²) in [4.78, 5) is 2.30. The van der Waals surface area contributed by atoms with Gasteiger partial charge in [-0.05, 0) is 35.1 Å². The van der Waals surface area contributed by atoms with Crippen LogP contribution >= 0.6 is 15.9 Å². The maximum absolute atomic E-state index is 9.23. The van der Waals surface area contributed by atoms with Gasteiger partial charge >= 0.3 is 0 Å². The van der Waals surface area contributed by atoms with Crippen molar-refractivity contribution in [1.82, 2.24) is 4.90 Å². The third-order valence-corrected chi connectivity index (χ3v) is 3.39. The number of ether oxygens (including phenoxy) is 1. The van der Waals surface area contributed by atoms with Crippen molar-refractivity contribution in [2.45, 2.75) is 20.5 Å². The van der Waals surface area contributed by atoms with Crippen LogP contribution in [0, 0.1) is 0 Å². The predicted molar refractivity (Wildman–Crippen MR) is 73.3 cm³/mol. The Morgan fingerprint density at radius 1 is 1.29 bits per heavy atom. The monoisotopic (exact) mass is 301 g/mol. The van der Waals surface area contributed by atoms with Crippen molar-refractivity contribution in [2.24, 2.45) is 0 Å². The van der Waals surface area contributed by atoms with Gasteiger partial charge in [-0.2, -0.15) is 0 Å². The Labute approximate surface area is 112 Å². The number of nitrogens with zero attached hydrogens (tertiary/aromatic N) is 1. The van der Waals surface area contributed by atoms with E-state index >= 15 is 0 Å². The SMILES string of the molecule is CCN(CC)CCOc1c(Br)cccc1CO. The Bertz CT molecular complexity index is 340. The molecule has 0 atom stereocenters. The van der Waals surface area contributed by atoms with E-state index in [4.69, 9.17) is 4.74 Å². The van der Waals surface area contributed by atoms with Crippen molar-refractivity contribution in [3.8, 4) is 5.75 Å². The third-order valence-electron chi connectivity index (χ3n) is 2.77. The standard InChI is InChI=1S/C13H20BrNO2/c1-3-15(4-2)8-9-17-13-11(10-16)6-5-7-12(13)14/h5-7,16H,3-4,8-10H2,1-2H3. The second-order valence-electron chi connectivity index (χ2n) is 3.76. The molecule has 1 aromatic carbocycles. The minimum atomic E-state index is 0.0000428. The van der Waals surface area contributed by atoms with E-state index in [1.807, 2.05) is 18.2 Å². The fraction of sp³-hybridized carbons (Fsp3) is 0.538. The van der Waals surface area contributed by atoms with Gasteiger partial charge in [0, 0.05) is 12.1 Å². The van der Waals surface area contributed by atoms with E-state index in [0.29, 0.717) is 6.61 Å². The van der Waals surface area contributed by atoms with Crippen molar-refractivity contribution >= 4 is 15.9 Å². The zero-order valence-electron chi connectivity index (χ0n) is 10.4. The van der Waals surface area contributed by atoms with Crippen LogP contribution in [0.25, 0.3) is 0 Å².